The standard InChI is InChI=1S/C16H21N5O2/c17-15(23)16-18-11-21(19-16)13-7-4-8-20(9-13)10-14(22)12-5-2-1-3-6-12/h1-3,5-6,11,13-14,22H,4,7-10H2,(H2,17,23). The van der Waals surface area contributed by atoms with E-state index in [0.717, 1.165) is 31.5 Å². The molecule has 1 fully saturated rings. The summed E-state index contributed by atoms with van der Waals surface area (Å²) in [5, 5.41) is 14.5. The number of rotatable bonds is 5. The second kappa shape index (κ2) is 6.89. The van der Waals surface area contributed by atoms with Gasteiger partial charge in [0.15, 0.2) is 0 Å². The van der Waals surface area contributed by atoms with E-state index in [1.54, 1.807) is 11.0 Å². The number of nitrogens with zero attached hydrogens (tertiary/aromatic N) is 4. The first-order chi connectivity index (χ1) is 11.1. The number of likely N-dealkylation sites (tertiary alicyclic amines) is 1. The van der Waals surface area contributed by atoms with Gasteiger partial charge in [0.2, 0.25) is 5.82 Å². The number of aromatic nitrogens is 3. The average Bonchev–Trinajstić information content (AvgIpc) is 3.06. The molecule has 3 rings (SSSR count). The molecule has 1 aromatic carbocycles. The molecule has 0 spiro atoms. The number of aliphatic hydroxyl groups excluding tert-OH is 1. The van der Waals surface area contributed by atoms with Crippen LogP contribution in [-0.2, 0) is 0 Å². The van der Waals surface area contributed by atoms with E-state index >= 15 is 0 Å². The average molecular weight is 315 g/mol. The Morgan fingerprint density at radius 3 is 2.87 bits per heavy atom. The van der Waals surface area contributed by atoms with Crippen molar-refractivity contribution in [3.8, 4) is 0 Å². The molecule has 1 aliphatic heterocycles. The Labute approximate surface area is 134 Å². The van der Waals surface area contributed by atoms with Crippen LogP contribution in [0.25, 0.3) is 0 Å². The molecule has 2 heterocycles. The summed E-state index contributed by atoms with van der Waals surface area (Å²) in [6.45, 7) is 2.29. The molecule has 1 amide bonds. The van der Waals surface area contributed by atoms with Crippen molar-refractivity contribution in [1.82, 2.24) is 19.7 Å². The monoisotopic (exact) mass is 315 g/mol. The molecule has 0 aliphatic carbocycles. The van der Waals surface area contributed by atoms with Crippen LogP contribution in [0.1, 0.15) is 41.2 Å². The molecule has 7 nitrogen and oxygen atoms in total. The van der Waals surface area contributed by atoms with E-state index in [9.17, 15) is 9.90 Å². The van der Waals surface area contributed by atoms with Crippen LogP contribution in [0.2, 0.25) is 0 Å². The SMILES string of the molecule is NC(=O)c1ncn(C2CCCN(CC(O)c3ccccc3)C2)n1. The highest BCUT2D eigenvalue weighted by atomic mass is 16.3. The number of piperidine rings is 1. The number of amides is 1. The van der Waals surface area contributed by atoms with Crippen molar-refractivity contribution >= 4 is 5.91 Å². The number of β-amino-alcohol motifs (C(OH)–C–C–N with tert-alkyl or cyclic N) is 1. The Kier molecular flexibility index (Phi) is 4.68. The lowest BCUT2D eigenvalue weighted by Crippen LogP contribution is -2.39. The second-order valence-corrected chi connectivity index (χ2v) is 5.89. The van der Waals surface area contributed by atoms with E-state index in [4.69, 9.17) is 5.73 Å². The lowest BCUT2D eigenvalue weighted by Gasteiger charge is -2.33. The highest BCUT2D eigenvalue weighted by Gasteiger charge is 2.24. The first-order valence-electron chi connectivity index (χ1n) is 7.80. The number of carbonyl (C=O) groups is 1. The van der Waals surface area contributed by atoms with Gasteiger partial charge < -0.3 is 10.8 Å². The molecular weight excluding hydrogens is 294 g/mol. The molecule has 2 atom stereocenters. The van der Waals surface area contributed by atoms with Gasteiger partial charge in [0.05, 0.1) is 12.1 Å². The smallest absolute Gasteiger partial charge is 0.288 e. The quantitative estimate of drug-likeness (QED) is 0.848. The molecule has 122 valence electrons. The van der Waals surface area contributed by atoms with Crippen LogP contribution in [0, 0.1) is 0 Å². The van der Waals surface area contributed by atoms with Gasteiger partial charge in [-0.3, -0.25) is 9.69 Å². The Bertz CT molecular complexity index is 658. The number of primary amides is 1. The maximum absolute atomic E-state index is 11.1. The summed E-state index contributed by atoms with van der Waals surface area (Å²) >= 11 is 0. The summed E-state index contributed by atoms with van der Waals surface area (Å²) in [5.41, 5.74) is 6.12. The van der Waals surface area contributed by atoms with Crippen molar-refractivity contribution < 1.29 is 9.90 Å². The molecule has 3 N–H and O–H groups in total. The molecule has 0 saturated carbocycles. The van der Waals surface area contributed by atoms with Gasteiger partial charge in [-0.25, -0.2) is 9.67 Å². The number of aliphatic hydroxyl groups is 1. The van der Waals surface area contributed by atoms with Crippen molar-refractivity contribution in [3.63, 3.8) is 0 Å². The van der Waals surface area contributed by atoms with Crippen molar-refractivity contribution in [2.45, 2.75) is 25.0 Å². The summed E-state index contributed by atoms with van der Waals surface area (Å²) < 4.78 is 1.71. The van der Waals surface area contributed by atoms with Crippen LogP contribution in [0.4, 0.5) is 0 Å². The second-order valence-electron chi connectivity index (χ2n) is 5.89. The van der Waals surface area contributed by atoms with E-state index in [-0.39, 0.29) is 11.9 Å². The van der Waals surface area contributed by atoms with Crippen LogP contribution in [0.5, 0.6) is 0 Å². The Balaban J connectivity index is 1.62. The lowest BCUT2D eigenvalue weighted by molar-refractivity contribution is 0.0837. The zero-order chi connectivity index (χ0) is 16.2. The Morgan fingerprint density at radius 2 is 2.17 bits per heavy atom. The third-order valence-corrected chi connectivity index (χ3v) is 4.20. The van der Waals surface area contributed by atoms with Gasteiger partial charge in [-0.2, -0.15) is 0 Å². The van der Waals surface area contributed by atoms with Gasteiger partial charge in [-0.15, -0.1) is 5.10 Å². The Morgan fingerprint density at radius 1 is 1.39 bits per heavy atom. The van der Waals surface area contributed by atoms with Gasteiger partial charge in [0.25, 0.3) is 5.91 Å². The van der Waals surface area contributed by atoms with Gasteiger partial charge in [0.1, 0.15) is 6.33 Å². The topological polar surface area (TPSA) is 97.3 Å². The third-order valence-electron chi connectivity index (χ3n) is 4.20. The van der Waals surface area contributed by atoms with Crippen molar-refractivity contribution in [2.75, 3.05) is 19.6 Å². The number of nitrogens with two attached hydrogens (primary N) is 1. The summed E-state index contributed by atoms with van der Waals surface area (Å²) in [6.07, 6.45) is 3.03. The van der Waals surface area contributed by atoms with Crippen molar-refractivity contribution in [3.05, 3.63) is 48.0 Å². The van der Waals surface area contributed by atoms with Crippen molar-refractivity contribution in [1.29, 1.82) is 0 Å². The summed E-state index contributed by atoms with van der Waals surface area (Å²) in [6, 6.07) is 9.81. The molecule has 1 aromatic heterocycles. The van der Waals surface area contributed by atoms with Gasteiger partial charge in [0, 0.05) is 13.1 Å². The third kappa shape index (κ3) is 3.75. The minimum absolute atomic E-state index is 0.0476. The molecule has 7 heteroatoms. The number of hydrogen-bond acceptors (Lipinski definition) is 5. The first-order valence-corrected chi connectivity index (χ1v) is 7.80. The fraction of sp³-hybridized carbons (Fsp3) is 0.438. The fourth-order valence-corrected chi connectivity index (χ4v) is 3.00. The predicted octanol–water partition coefficient (Wildman–Crippen LogP) is 0.747. The number of benzene rings is 1. The first kappa shape index (κ1) is 15.6. The zero-order valence-electron chi connectivity index (χ0n) is 12.9. The van der Waals surface area contributed by atoms with Crippen molar-refractivity contribution in [2.24, 2.45) is 5.73 Å². The normalized spacial score (nSPS) is 20.3. The van der Waals surface area contributed by atoms with Crippen LogP contribution < -0.4 is 5.73 Å². The lowest BCUT2D eigenvalue weighted by atomic mass is 10.0. The zero-order valence-corrected chi connectivity index (χ0v) is 12.9. The van der Waals surface area contributed by atoms with Gasteiger partial charge in [-0.05, 0) is 24.9 Å². The number of hydrogen-bond donors (Lipinski definition) is 2. The predicted molar refractivity (Wildman–Crippen MR) is 84.7 cm³/mol. The van der Waals surface area contributed by atoms with Crippen LogP contribution in [0.3, 0.4) is 0 Å². The summed E-state index contributed by atoms with van der Waals surface area (Å²) in [7, 11) is 0. The highest BCUT2D eigenvalue weighted by Crippen LogP contribution is 2.23. The van der Waals surface area contributed by atoms with Crippen LogP contribution >= 0.6 is 0 Å². The molecule has 2 aromatic rings. The minimum Gasteiger partial charge on any atom is -0.387 e. The maximum Gasteiger partial charge on any atom is 0.288 e. The fourth-order valence-electron chi connectivity index (χ4n) is 3.00. The summed E-state index contributed by atoms with van der Waals surface area (Å²) in [4.78, 5) is 17.3. The van der Waals surface area contributed by atoms with E-state index < -0.39 is 12.0 Å². The summed E-state index contributed by atoms with van der Waals surface area (Å²) in [5.74, 6) is -0.567. The molecule has 0 radical (unpaired) electrons. The molecule has 23 heavy (non-hydrogen) atoms. The maximum atomic E-state index is 11.1. The van der Waals surface area contributed by atoms with E-state index in [1.165, 1.54) is 0 Å². The highest BCUT2D eigenvalue weighted by molar-refractivity contribution is 5.88. The molecule has 1 aliphatic rings. The molecular formula is C16H21N5O2. The van der Waals surface area contributed by atoms with Gasteiger partial charge >= 0.3 is 0 Å². The van der Waals surface area contributed by atoms with E-state index in [1.807, 2.05) is 30.3 Å². The number of carbonyl (C=O) groups excluding carboxylic acids is 1. The molecule has 1 saturated heterocycles. The minimum atomic E-state index is -0.615. The molecule has 2 unspecified atom stereocenters. The van der Waals surface area contributed by atoms with Gasteiger partial charge in [-0.1, -0.05) is 30.3 Å². The van der Waals surface area contributed by atoms with Crippen LogP contribution in [0.15, 0.2) is 36.7 Å². The van der Waals surface area contributed by atoms with E-state index in [0.29, 0.717) is 6.54 Å². The molecule has 0 bridgehead atoms. The Hall–Kier alpha value is -2.25. The largest absolute Gasteiger partial charge is 0.387 e. The van der Waals surface area contributed by atoms with E-state index in [2.05, 4.69) is 15.0 Å². The van der Waals surface area contributed by atoms with Crippen LogP contribution in [-0.4, -0.2) is 50.3 Å².